The Bertz CT molecular complexity index is 533. The van der Waals surface area contributed by atoms with Crippen LogP contribution in [0.4, 0.5) is 10.5 Å². The van der Waals surface area contributed by atoms with Crippen molar-refractivity contribution in [2.24, 2.45) is 0 Å². The molecule has 8 heteroatoms. The number of carbonyl (C=O) groups is 1. The van der Waals surface area contributed by atoms with Gasteiger partial charge in [-0.1, -0.05) is 0 Å². The van der Waals surface area contributed by atoms with Gasteiger partial charge in [-0.25, -0.2) is 4.79 Å². The first kappa shape index (κ1) is 16.6. The summed E-state index contributed by atoms with van der Waals surface area (Å²) in [5, 5.41) is 21.2. The average molecular weight is 307 g/mol. The molecule has 0 radical (unpaired) electrons. The van der Waals surface area contributed by atoms with Crippen LogP contribution in [0.15, 0.2) is 18.5 Å². The van der Waals surface area contributed by atoms with Crippen LogP contribution in [-0.2, 0) is 4.74 Å². The summed E-state index contributed by atoms with van der Waals surface area (Å²) in [6.07, 6.45) is 3.46. The third-order valence-electron chi connectivity index (χ3n) is 3.32. The van der Waals surface area contributed by atoms with Gasteiger partial charge in [0.05, 0.1) is 17.9 Å². The Balaban J connectivity index is 1.93. The molecule has 1 saturated heterocycles. The number of amides is 1. The molecular weight excluding hydrogens is 285 g/mol. The van der Waals surface area contributed by atoms with Gasteiger partial charge in [0, 0.05) is 24.7 Å². The molecule has 0 aromatic carbocycles. The van der Waals surface area contributed by atoms with E-state index in [0.717, 1.165) is 18.7 Å². The lowest BCUT2D eigenvalue weighted by Crippen LogP contribution is -2.40. The molecule has 3 N–H and O–H groups in total. The molecule has 1 aliphatic heterocycles. The molecule has 1 atom stereocenters. The molecule has 0 saturated carbocycles. The van der Waals surface area contributed by atoms with Crippen LogP contribution in [0, 0.1) is 0 Å². The van der Waals surface area contributed by atoms with E-state index in [2.05, 4.69) is 10.3 Å². The summed E-state index contributed by atoms with van der Waals surface area (Å²) in [4.78, 5) is 17.8. The number of anilines is 1. The summed E-state index contributed by atoms with van der Waals surface area (Å²) < 4.78 is 5.24. The lowest BCUT2D eigenvalue weighted by molar-refractivity contribution is 0.0509. The molecule has 7 nitrogen and oxygen atoms in total. The molecule has 2 heterocycles. The number of nitrogens with zero attached hydrogens (tertiary/aromatic N) is 2. The van der Waals surface area contributed by atoms with Crippen LogP contribution < -0.4 is 15.7 Å². The maximum Gasteiger partial charge on any atom is 0.490 e. The summed E-state index contributed by atoms with van der Waals surface area (Å²) in [5.41, 5.74) is 0.637. The lowest BCUT2D eigenvalue weighted by Gasteiger charge is -2.22. The predicted molar refractivity (Wildman–Crippen MR) is 84.1 cm³/mol. The maximum atomic E-state index is 11.8. The van der Waals surface area contributed by atoms with E-state index in [1.807, 2.05) is 25.7 Å². The van der Waals surface area contributed by atoms with Gasteiger partial charge in [0.2, 0.25) is 0 Å². The minimum atomic E-state index is -1.54. The number of hydrogen-bond acceptors (Lipinski definition) is 6. The minimum Gasteiger partial charge on any atom is -0.444 e. The van der Waals surface area contributed by atoms with Crippen LogP contribution in [0.3, 0.4) is 0 Å². The highest BCUT2D eigenvalue weighted by Crippen LogP contribution is 2.19. The molecule has 2 rings (SSSR count). The summed E-state index contributed by atoms with van der Waals surface area (Å²) in [6.45, 7) is 6.86. The lowest BCUT2D eigenvalue weighted by atomic mass is 9.81. The fourth-order valence-electron chi connectivity index (χ4n) is 2.35. The number of pyridine rings is 1. The van der Waals surface area contributed by atoms with Gasteiger partial charge in [0.15, 0.2) is 0 Å². The van der Waals surface area contributed by atoms with Crippen LogP contribution >= 0.6 is 0 Å². The average Bonchev–Trinajstić information content (AvgIpc) is 2.85. The quantitative estimate of drug-likeness (QED) is 0.673. The second-order valence-corrected chi connectivity index (χ2v) is 6.43. The van der Waals surface area contributed by atoms with Crippen LogP contribution in [0.5, 0.6) is 0 Å². The second kappa shape index (κ2) is 6.54. The molecule has 1 amide bonds. The molecule has 1 aromatic heterocycles. The highest BCUT2D eigenvalue weighted by molar-refractivity contribution is 6.58. The van der Waals surface area contributed by atoms with E-state index in [1.54, 1.807) is 12.3 Å². The Kier molecular flexibility index (Phi) is 4.92. The zero-order valence-corrected chi connectivity index (χ0v) is 13.1. The highest BCUT2D eigenvalue weighted by Gasteiger charge is 2.27. The number of alkyl carbamates (subject to hydrolysis) is 1. The Labute approximate surface area is 130 Å². The zero-order chi connectivity index (χ0) is 16.3. The van der Waals surface area contributed by atoms with Crippen molar-refractivity contribution in [1.29, 1.82) is 0 Å². The molecule has 1 fully saturated rings. The monoisotopic (exact) mass is 307 g/mol. The normalized spacial score (nSPS) is 18.2. The van der Waals surface area contributed by atoms with Crippen molar-refractivity contribution in [3.8, 4) is 0 Å². The zero-order valence-electron chi connectivity index (χ0n) is 13.1. The Morgan fingerprint density at radius 3 is 2.82 bits per heavy atom. The van der Waals surface area contributed by atoms with Crippen LogP contribution in [0.2, 0.25) is 0 Å². The van der Waals surface area contributed by atoms with Crippen molar-refractivity contribution in [1.82, 2.24) is 10.3 Å². The number of rotatable bonds is 3. The number of ether oxygens (including phenoxy) is 1. The number of carbonyl (C=O) groups excluding carboxylic acids is 1. The largest absolute Gasteiger partial charge is 0.490 e. The number of hydrogen-bond donors (Lipinski definition) is 3. The van der Waals surface area contributed by atoms with Crippen LogP contribution in [0.25, 0.3) is 0 Å². The van der Waals surface area contributed by atoms with Crippen molar-refractivity contribution < 1.29 is 19.6 Å². The Hall–Kier alpha value is -1.80. The SMILES string of the molecule is CC(C)(C)OC(=O)N[C@H]1CCN(c2cncc(B(O)O)c2)C1. The summed E-state index contributed by atoms with van der Waals surface area (Å²) in [5.74, 6) is 0. The number of aromatic nitrogens is 1. The van der Waals surface area contributed by atoms with Crippen LogP contribution in [0.1, 0.15) is 27.2 Å². The molecule has 22 heavy (non-hydrogen) atoms. The van der Waals surface area contributed by atoms with Crippen molar-refractivity contribution >= 4 is 24.4 Å². The fourth-order valence-corrected chi connectivity index (χ4v) is 2.35. The van der Waals surface area contributed by atoms with E-state index in [4.69, 9.17) is 4.74 Å². The summed E-state index contributed by atoms with van der Waals surface area (Å²) in [6, 6.07) is 1.69. The van der Waals surface area contributed by atoms with Gasteiger partial charge < -0.3 is 25.0 Å². The first-order chi connectivity index (χ1) is 10.2. The Morgan fingerprint density at radius 1 is 1.45 bits per heavy atom. The molecule has 0 aliphatic carbocycles. The van der Waals surface area contributed by atoms with Crippen LogP contribution in [-0.4, -0.2) is 53.0 Å². The van der Waals surface area contributed by atoms with E-state index >= 15 is 0 Å². The molecule has 0 bridgehead atoms. The van der Waals surface area contributed by atoms with Gasteiger partial charge in [-0.05, 0) is 33.3 Å². The second-order valence-electron chi connectivity index (χ2n) is 6.43. The van der Waals surface area contributed by atoms with E-state index in [9.17, 15) is 14.8 Å². The van der Waals surface area contributed by atoms with Crippen molar-refractivity contribution in [2.75, 3.05) is 18.0 Å². The molecule has 1 aromatic rings. The van der Waals surface area contributed by atoms with Gasteiger partial charge in [0.25, 0.3) is 0 Å². The Morgan fingerprint density at radius 2 is 2.18 bits per heavy atom. The molecular formula is C14H22BN3O4. The smallest absolute Gasteiger partial charge is 0.444 e. The molecule has 0 spiro atoms. The third kappa shape index (κ3) is 4.61. The highest BCUT2D eigenvalue weighted by atomic mass is 16.6. The first-order valence-electron chi connectivity index (χ1n) is 7.30. The molecule has 1 aliphatic rings. The van der Waals surface area contributed by atoms with Gasteiger partial charge >= 0.3 is 13.2 Å². The predicted octanol–water partition coefficient (Wildman–Crippen LogP) is -0.135. The maximum absolute atomic E-state index is 11.8. The topological polar surface area (TPSA) is 94.9 Å². The summed E-state index contributed by atoms with van der Waals surface area (Å²) in [7, 11) is -1.54. The summed E-state index contributed by atoms with van der Waals surface area (Å²) >= 11 is 0. The van der Waals surface area contributed by atoms with Crippen molar-refractivity contribution in [3.05, 3.63) is 18.5 Å². The van der Waals surface area contributed by atoms with Gasteiger partial charge in [-0.3, -0.25) is 4.98 Å². The standard InChI is InChI=1S/C14H22BN3O4/c1-14(2,3)22-13(19)17-11-4-5-18(9-11)12-6-10(15(20)21)7-16-8-12/h6-8,11,20-21H,4-5,9H2,1-3H3,(H,17,19)/t11-/m0/s1. The van der Waals surface area contributed by atoms with Crippen molar-refractivity contribution in [2.45, 2.75) is 38.8 Å². The van der Waals surface area contributed by atoms with E-state index in [-0.39, 0.29) is 6.04 Å². The van der Waals surface area contributed by atoms with Gasteiger partial charge in [-0.15, -0.1) is 0 Å². The fraction of sp³-hybridized carbons (Fsp3) is 0.571. The van der Waals surface area contributed by atoms with Gasteiger partial charge in [-0.2, -0.15) is 0 Å². The van der Waals surface area contributed by atoms with E-state index in [1.165, 1.54) is 6.20 Å². The number of nitrogens with one attached hydrogen (secondary N) is 1. The third-order valence-corrected chi connectivity index (χ3v) is 3.32. The van der Waals surface area contributed by atoms with Crippen molar-refractivity contribution in [3.63, 3.8) is 0 Å². The van der Waals surface area contributed by atoms with Gasteiger partial charge in [0.1, 0.15) is 5.60 Å². The first-order valence-corrected chi connectivity index (χ1v) is 7.30. The molecule has 0 unspecified atom stereocenters. The minimum absolute atomic E-state index is 0.00226. The molecule has 120 valence electrons. The van der Waals surface area contributed by atoms with E-state index < -0.39 is 18.8 Å². The van der Waals surface area contributed by atoms with E-state index in [0.29, 0.717) is 12.0 Å².